The molecule has 0 saturated carbocycles. The molecule has 0 aliphatic carbocycles. The van der Waals surface area contributed by atoms with Crippen molar-refractivity contribution in [3.05, 3.63) is 95.6 Å². The molecule has 1 atom stereocenters. The number of carbonyl (C=O) groups excluding carboxylic acids is 2. The monoisotopic (exact) mass is 450 g/mol. The fraction of sp³-hybridized carbons (Fsp3) is 0.167. The lowest BCUT2D eigenvalue weighted by atomic mass is 10.0. The van der Waals surface area contributed by atoms with Crippen LogP contribution in [0.5, 0.6) is 0 Å². The number of rotatable bonds is 7. The Labute approximate surface area is 186 Å². The first-order valence-corrected chi connectivity index (χ1v) is 11.5. The van der Waals surface area contributed by atoms with Gasteiger partial charge in [0.25, 0.3) is 0 Å². The summed E-state index contributed by atoms with van der Waals surface area (Å²) >= 11 is 0. The van der Waals surface area contributed by atoms with E-state index in [2.05, 4.69) is 5.32 Å². The van der Waals surface area contributed by atoms with E-state index in [0.717, 1.165) is 5.56 Å². The number of nitrogens with zero attached hydrogens (tertiary/aromatic N) is 1. The molecule has 7 nitrogen and oxygen atoms in total. The lowest BCUT2D eigenvalue weighted by molar-refractivity contribution is -0.118. The Morgan fingerprint density at radius 2 is 1.62 bits per heavy atom. The van der Waals surface area contributed by atoms with E-state index < -0.39 is 22.1 Å². The van der Waals surface area contributed by atoms with E-state index in [9.17, 15) is 18.0 Å². The third kappa shape index (κ3) is 4.56. The maximum atomic E-state index is 12.8. The van der Waals surface area contributed by atoms with E-state index in [0.29, 0.717) is 16.8 Å². The van der Waals surface area contributed by atoms with Crippen molar-refractivity contribution in [1.29, 1.82) is 0 Å². The van der Waals surface area contributed by atoms with Gasteiger partial charge in [0.1, 0.15) is 6.10 Å². The van der Waals surface area contributed by atoms with Gasteiger partial charge in [-0.1, -0.05) is 48.5 Å². The highest BCUT2D eigenvalue weighted by Crippen LogP contribution is 2.33. The van der Waals surface area contributed by atoms with Crippen molar-refractivity contribution in [3.8, 4) is 0 Å². The third-order valence-corrected chi connectivity index (χ3v) is 7.06. The Balaban J connectivity index is 1.39. The maximum absolute atomic E-state index is 12.8. The number of cyclic esters (lactones) is 1. The number of nitrogens with one attached hydrogen (secondary N) is 1. The number of ether oxygens (including phenoxy) is 1. The van der Waals surface area contributed by atoms with Crippen molar-refractivity contribution >= 4 is 27.6 Å². The summed E-state index contributed by atoms with van der Waals surface area (Å²) in [6.45, 7) is 0.253. The molecule has 0 bridgehead atoms. The van der Waals surface area contributed by atoms with Crippen molar-refractivity contribution < 1.29 is 22.7 Å². The van der Waals surface area contributed by atoms with Crippen LogP contribution in [0.25, 0.3) is 0 Å². The average Bonchev–Trinajstić information content (AvgIpc) is 3.10. The van der Waals surface area contributed by atoms with Crippen molar-refractivity contribution in [2.24, 2.45) is 0 Å². The van der Waals surface area contributed by atoms with Crippen LogP contribution in [0, 0.1) is 0 Å². The second-order valence-electron chi connectivity index (χ2n) is 7.50. The number of anilines is 1. The van der Waals surface area contributed by atoms with E-state index >= 15 is 0 Å². The summed E-state index contributed by atoms with van der Waals surface area (Å²) < 4.78 is 32.2. The standard InChI is InChI=1S/C24H22N2O5S/c1-26(16-17-7-3-2-4-8-17)32(29,30)19-13-11-18(12-14-19)25-23(27)15-22-20-9-5-6-10-21(20)24(28)31-22/h2-14,22H,15-16H2,1H3,(H,25,27)/t22-/m1/s1. The first kappa shape index (κ1) is 21.7. The summed E-state index contributed by atoms with van der Waals surface area (Å²) in [5, 5.41) is 2.72. The number of hydrogen-bond acceptors (Lipinski definition) is 5. The van der Waals surface area contributed by atoms with Gasteiger partial charge in [0, 0.05) is 24.8 Å². The largest absolute Gasteiger partial charge is 0.453 e. The predicted octanol–water partition coefficient (Wildman–Crippen LogP) is 3.75. The minimum Gasteiger partial charge on any atom is -0.453 e. The molecule has 1 heterocycles. The summed E-state index contributed by atoms with van der Waals surface area (Å²) in [7, 11) is -2.15. The smallest absolute Gasteiger partial charge is 0.339 e. The molecule has 32 heavy (non-hydrogen) atoms. The molecular formula is C24H22N2O5S. The first-order valence-electron chi connectivity index (χ1n) is 10.0. The summed E-state index contributed by atoms with van der Waals surface area (Å²) in [5.41, 5.74) is 2.50. The van der Waals surface area contributed by atoms with Gasteiger partial charge < -0.3 is 10.1 Å². The summed E-state index contributed by atoms with van der Waals surface area (Å²) in [6, 6.07) is 22.3. The highest BCUT2D eigenvalue weighted by Gasteiger charge is 2.32. The molecule has 1 aliphatic heterocycles. The van der Waals surface area contributed by atoms with Crippen molar-refractivity contribution in [3.63, 3.8) is 0 Å². The van der Waals surface area contributed by atoms with Gasteiger partial charge in [-0.15, -0.1) is 0 Å². The van der Waals surface area contributed by atoms with Crippen LogP contribution in [-0.4, -0.2) is 31.6 Å². The fourth-order valence-corrected chi connectivity index (χ4v) is 4.73. The molecule has 0 aromatic heterocycles. The minimum absolute atomic E-state index is 0.0252. The van der Waals surface area contributed by atoms with Gasteiger partial charge in [-0.05, 0) is 35.9 Å². The highest BCUT2D eigenvalue weighted by atomic mass is 32.2. The van der Waals surface area contributed by atoms with Crippen molar-refractivity contribution in [1.82, 2.24) is 4.31 Å². The SMILES string of the molecule is CN(Cc1ccccc1)S(=O)(=O)c1ccc(NC(=O)C[C@H]2OC(=O)c3ccccc32)cc1. The van der Waals surface area contributed by atoms with Gasteiger partial charge in [0.05, 0.1) is 16.9 Å². The summed E-state index contributed by atoms with van der Waals surface area (Å²) in [6.07, 6.45) is -0.659. The molecule has 8 heteroatoms. The van der Waals surface area contributed by atoms with Crippen LogP contribution in [0.15, 0.2) is 83.8 Å². The van der Waals surface area contributed by atoms with Crippen LogP contribution in [0.2, 0.25) is 0 Å². The minimum atomic E-state index is -3.68. The van der Waals surface area contributed by atoms with Crippen LogP contribution in [0.1, 0.15) is 34.0 Å². The van der Waals surface area contributed by atoms with Gasteiger partial charge in [-0.3, -0.25) is 4.79 Å². The number of carbonyl (C=O) groups is 2. The zero-order valence-electron chi connectivity index (χ0n) is 17.4. The molecule has 164 valence electrons. The van der Waals surface area contributed by atoms with E-state index in [-0.39, 0.29) is 23.8 Å². The van der Waals surface area contributed by atoms with Crippen LogP contribution in [-0.2, 0) is 26.1 Å². The number of hydrogen-bond donors (Lipinski definition) is 1. The van der Waals surface area contributed by atoms with Crippen molar-refractivity contribution in [2.45, 2.75) is 24.0 Å². The normalized spacial score (nSPS) is 15.3. The second-order valence-corrected chi connectivity index (χ2v) is 9.55. The summed E-state index contributed by atoms with van der Waals surface area (Å²) in [5.74, 6) is -0.774. The van der Waals surface area contributed by atoms with Gasteiger partial charge in [-0.25, -0.2) is 13.2 Å². The van der Waals surface area contributed by atoms with Crippen LogP contribution in [0.3, 0.4) is 0 Å². The lowest BCUT2D eigenvalue weighted by Crippen LogP contribution is -2.26. The van der Waals surface area contributed by atoms with E-state index in [1.807, 2.05) is 30.3 Å². The fourth-order valence-electron chi connectivity index (χ4n) is 3.57. The van der Waals surface area contributed by atoms with Gasteiger partial charge in [-0.2, -0.15) is 4.31 Å². The third-order valence-electron chi connectivity index (χ3n) is 5.24. The molecule has 1 aliphatic rings. The molecular weight excluding hydrogens is 428 g/mol. The Hall–Kier alpha value is -3.49. The van der Waals surface area contributed by atoms with Crippen LogP contribution < -0.4 is 5.32 Å². The first-order chi connectivity index (χ1) is 15.3. The molecule has 3 aromatic carbocycles. The van der Waals surface area contributed by atoms with Crippen LogP contribution in [0.4, 0.5) is 5.69 Å². The number of esters is 1. The van der Waals surface area contributed by atoms with Gasteiger partial charge in [0.15, 0.2) is 0 Å². The maximum Gasteiger partial charge on any atom is 0.339 e. The van der Waals surface area contributed by atoms with E-state index in [4.69, 9.17) is 4.74 Å². The van der Waals surface area contributed by atoms with E-state index in [1.54, 1.807) is 24.3 Å². The van der Waals surface area contributed by atoms with Crippen LogP contribution >= 0.6 is 0 Å². The molecule has 0 fully saturated rings. The molecule has 0 saturated heterocycles. The average molecular weight is 451 g/mol. The van der Waals surface area contributed by atoms with Gasteiger partial charge in [0.2, 0.25) is 15.9 Å². The molecule has 1 amide bonds. The zero-order valence-corrected chi connectivity index (χ0v) is 18.2. The molecule has 0 radical (unpaired) electrons. The number of fused-ring (bicyclic) bond motifs is 1. The number of amides is 1. The topological polar surface area (TPSA) is 92.8 Å². The Bertz CT molecular complexity index is 1240. The zero-order chi connectivity index (χ0) is 22.7. The Morgan fingerprint density at radius 1 is 0.969 bits per heavy atom. The molecule has 0 spiro atoms. The lowest BCUT2D eigenvalue weighted by Gasteiger charge is -2.17. The number of sulfonamides is 1. The molecule has 3 aromatic rings. The second kappa shape index (κ2) is 8.94. The Kier molecular flexibility index (Phi) is 6.07. The predicted molar refractivity (Wildman–Crippen MR) is 119 cm³/mol. The molecule has 1 N–H and O–H groups in total. The Morgan fingerprint density at radius 3 is 2.34 bits per heavy atom. The number of benzene rings is 3. The quantitative estimate of drug-likeness (QED) is 0.554. The van der Waals surface area contributed by atoms with E-state index in [1.165, 1.54) is 35.6 Å². The van der Waals surface area contributed by atoms with Gasteiger partial charge >= 0.3 is 5.97 Å². The summed E-state index contributed by atoms with van der Waals surface area (Å²) in [4.78, 5) is 24.5. The molecule has 0 unspecified atom stereocenters. The van der Waals surface area contributed by atoms with Crippen molar-refractivity contribution in [2.75, 3.05) is 12.4 Å². The molecule has 4 rings (SSSR count). The highest BCUT2D eigenvalue weighted by molar-refractivity contribution is 7.89.